The molecule has 1 aromatic carbocycles. The second-order valence-electron chi connectivity index (χ2n) is 6.00. The number of rotatable bonds is 6. The molecule has 2 aromatic rings. The molecule has 2 N–H and O–H groups in total. The van der Waals surface area contributed by atoms with Crippen LogP contribution >= 0.6 is 0 Å². The van der Waals surface area contributed by atoms with Crippen molar-refractivity contribution >= 4 is 5.91 Å². The largest absolute Gasteiger partial charge is 0.493 e. The van der Waals surface area contributed by atoms with Gasteiger partial charge in [0.25, 0.3) is 0 Å². The van der Waals surface area contributed by atoms with Crippen LogP contribution in [0.5, 0.6) is 11.5 Å². The molecule has 140 valence electrons. The summed E-state index contributed by atoms with van der Waals surface area (Å²) in [5, 5.41) is 16.5. The van der Waals surface area contributed by atoms with Gasteiger partial charge in [0.15, 0.2) is 11.5 Å². The Kier molecular flexibility index (Phi) is 5.75. The van der Waals surface area contributed by atoms with E-state index >= 15 is 0 Å². The average molecular weight is 361 g/mol. The molecule has 26 heavy (non-hydrogen) atoms. The lowest BCUT2D eigenvalue weighted by molar-refractivity contribution is -0.149. The van der Waals surface area contributed by atoms with Crippen LogP contribution in [0.1, 0.15) is 17.3 Å². The minimum atomic E-state index is -0.507. The fraction of sp³-hybridized carbons (Fsp3) is 0.444. The third-order valence-corrected chi connectivity index (χ3v) is 4.50. The van der Waals surface area contributed by atoms with Gasteiger partial charge < -0.3 is 24.2 Å². The van der Waals surface area contributed by atoms with Crippen molar-refractivity contribution in [2.24, 2.45) is 0 Å². The van der Waals surface area contributed by atoms with Crippen LogP contribution in [-0.2, 0) is 16.0 Å². The standard InChI is InChI=1S/C18H23N3O5/c1-24-14-4-3-12(9-15(14)25-2)18-16(11-22)26-8-7-21(18)17(23)10-13-5-6-19-20-13/h3-6,9,16,18,22H,7-8,10-11H2,1-2H3,(H,19,20)/t16-,18-/m0/s1. The van der Waals surface area contributed by atoms with E-state index in [0.717, 1.165) is 11.3 Å². The zero-order valence-corrected chi connectivity index (χ0v) is 14.8. The minimum Gasteiger partial charge on any atom is -0.493 e. The molecule has 1 aliphatic rings. The fourth-order valence-electron chi connectivity index (χ4n) is 3.24. The fourth-order valence-corrected chi connectivity index (χ4v) is 3.24. The summed E-state index contributed by atoms with van der Waals surface area (Å²) in [6, 6.07) is 6.82. The normalized spacial score (nSPS) is 20.0. The number of H-pyrrole nitrogens is 1. The van der Waals surface area contributed by atoms with Crippen molar-refractivity contribution in [2.75, 3.05) is 34.0 Å². The van der Waals surface area contributed by atoms with Gasteiger partial charge in [-0.15, -0.1) is 0 Å². The van der Waals surface area contributed by atoms with Crippen molar-refractivity contribution in [3.05, 3.63) is 41.7 Å². The van der Waals surface area contributed by atoms with Crippen LogP contribution in [0.25, 0.3) is 0 Å². The summed E-state index contributed by atoms with van der Waals surface area (Å²) in [4.78, 5) is 14.6. The molecule has 3 rings (SSSR count). The van der Waals surface area contributed by atoms with Crippen LogP contribution in [0.2, 0.25) is 0 Å². The first-order valence-electron chi connectivity index (χ1n) is 8.40. The summed E-state index contributed by atoms with van der Waals surface area (Å²) in [5.74, 6) is 1.10. The molecule has 8 nitrogen and oxygen atoms in total. The number of hydrogen-bond donors (Lipinski definition) is 2. The lowest BCUT2D eigenvalue weighted by Crippen LogP contribution is -2.50. The molecular formula is C18H23N3O5. The Morgan fingerprint density at radius 3 is 2.81 bits per heavy atom. The van der Waals surface area contributed by atoms with Crippen molar-refractivity contribution < 1.29 is 24.1 Å². The quantitative estimate of drug-likeness (QED) is 0.795. The summed E-state index contributed by atoms with van der Waals surface area (Å²) in [5.41, 5.74) is 1.56. The molecule has 1 saturated heterocycles. The van der Waals surface area contributed by atoms with Crippen LogP contribution in [-0.4, -0.2) is 66.2 Å². The van der Waals surface area contributed by atoms with E-state index in [0.29, 0.717) is 24.7 Å². The van der Waals surface area contributed by atoms with Crippen molar-refractivity contribution in [3.63, 3.8) is 0 Å². The number of methoxy groups -OCH3 is 2. The van der Waals surface area contributed by atoms with Crippen LogP contribution in [0, 0.1) is 0 Å². The maximum Gasteiger partial charge on any atom is 0.229 e. The van der Waals surface area contributed by atoms with E-state index in [1.54, 1.807) is 37.4 Å². The second-order valence-corrected chi connectivity index (χ2v) is 6.00. The number of aromatic amines is 1. The minimum absolute atomic E-state index is 0.0595. The third kappa shape index (κ3) is 3.66. The van der Waals surface area contributed by atoms with Gasteiger partial charge in [0.1, 0.15) is 6.10 Å². The number of aliphatic hydroxyl groups is 1. The molecule has 8 heteroatoms. The Balaban J connectivity index is 1.91. The first kappa shape index (κ1) is 18.2. The SMILES string of the molecule is COc1ccc([C@H]2[C@H](CO)OCCN2C(=O)Cc2ccn[nH]2)cc1OC. The average Bonchev–Trinajstić information content (AvgIpc) is 3.19. The van der Waals surface area contributed by atoms with Crippen molar-refractivity contribution in [1.29, 1.82) is 0 Å². The highest BCUT2D eigenvalue weighted by Crippen LogP contribution is 2.35. The molecule has 2 heterocycles. The number of nitrogens with zero attached hydrogens (tertiary/aromatic N) is 2. The number of carbonyl (C=O) groups excluding carboxylic acids is 1. The third-order valence-electron chi connectivity index (χ3n) is 4.50. The number of ether oxygens (including phenoxy) is 3. The number of hydrogen-bond acceptors (Lipinski definition) is 6. The van der Waals surface area contributed by atoms with E-state index in [-0.39, 0.29) is 18.9 Å². The zero-order valence-electron chi connectivity index (χ0n) is 14.8. The van der Waals surface area contributed by atoms with E-state index in [9.17, 15) is 9.90 Å². The van der Waals surface area contributed by atoms with Crippen LogP contribution < -0.4 is 9.47 Å². The predicted molar refractivity (Wildman–Crippen MR) is 93.1 cm³/mol. The van der Waals surface area contributed by atoms with E-state index in [2.05, 4.69) is 10.2 Å². The Hall–Kier alpha value is -2.58. The van der Waals surface area contributed by atoms with Gasteiger partial charge in [0.2, 0.25) is 5.91 Å². The first-order valence-corrected chi connectivity index (χ1v) is 8.40. The molecule has 1 aliphatic heterocycles. The molecule has 0 unspecified atom stereocenters. The van der Waals surface area contributed by atoms with Crippen molar-refractivity contribution in [3.8, 4) is 11.5 Å². The number of carbonyl (C=O) groups is 1. The molecular weight excluding hydrogens is 338 g/mol. The Morgan fingerprint density at radius 1 is 1.35 bits per heavy atom. The van der Waals surface area contributed by atoms with Gasteiger partial charge in [0.05, 0.1) is 39.9 Å². The van der Waals surface area contributed by atoms with E-state index < -0.39 is 12.1 Å². The van der Waals surface area contributed by atoms with Gasteiger partial charge in [-0.05, 0) is 23.8 Å². The Morgan fingerprint density at radius 2 is 2.15 bits per heavy atom. The van der Waals surface area contributed by atoms with Crippen LogP contribution in [0.15, 0.2) is 30.5 Å². The highest BCUT2D eigenvalue weighted by molar-refractivity contribution is 5.79. The van der Waals surface area contributed by atoms with Gasteiger partial charge in [-0.1, -0.05) is 6.07 Å². The number of morpholine rings is 1. The summed E-state index contributed by atoms with van der Waals surface area (Å²) >= 11 is 0. The molecule has 0 aliphatic carbocycles. The van der Waals surface area contributed by atoms with Gasteiger partial charge in [0, 0.05) is 18.4 Å². The number of nitrogens with one attached hydrogen (secondary N) is 1. The number of aromatic nitrogens is 2. The highest BCUT2D eigenvalue weighted by Gasteiger charge is 2.36. The lowest BCUT2D eigenvalue weighted by atomic mass is 9.97. The van der Waals surface area contributed by atoms with Gasteiger partial charge in [-0.25, -0.2) is 0 Å². The Labute approximate surface area is 151 Å². The van der Waals surface area contributed by atoms with E-state index in [1.807, 2.05) is 12.1 Å². The molecule has 1 fully saturated rings. The summed E-state index contributed by atoms with van der Waals surface area (Å²) in [7, 11) is 3.13. The Bertz CT molecular complexity index is 734. The summed E-state index contributed by atoms with van der Waals surface area (Å²) in [6.45, 7) is 0.638. The highest BCUT2D eigenvalue weighted by atomic mass is 16.5. The number of amides is 1. The maximum absolute atomic E-state index is 12.9. The van der Waals surface area contributed by atoms with Crippen molar-refractivity contribution in [1.82, 2.24) is 15.1 Å². The second kappa shape index (κ2) is 8.20. The molecule has 0 spiro atoms. The van der Waals surface area contributed by atoms with Crippen LogP contribution in [0.4, 0.5) is 0 Å². The topological polar surface area (TPSA) is 96.9 Å². The van der Waals surface area contributed by atoms with Gasteiger partial charge in [-0.2, -0.15) is 5.10 Å². The maximum atomic E-state index is 12.9. The van der Waals surface area contributed by atoms with E-state index in [4.69, 9.17) is 14.2 Å². The van der Waals surface area contributed by atoms with Crippen molar-refractivity contribution in [2.45, 2.75) is 18.6 Å². The molecule has 0 radical (unpaired) electrons. The van der Waals surface area contributed by atoms with Gasteiger partial charge in [-0.3, -0.25) is 9.89 Å². The lowest BCUT2D eigenvalue weighted by Gasteiger charge is -2.41. The molecule has 1 amide bonds. The van der Waals surface area contributed by atoms with E-state index in [1.165, 1.54) is 0 Å². The molecule has 0 saturated carbocycles. The molecule has 2 atom stereocenters. The molecule has 0 bridgehead atoms. The predicted octanol–water partition coefficient (Wildman–Crippen LogP) is 0.930. The summed E-state index contributed by atoms with van der Waals surface area (Å²) < 4.78 is 16.4. The van der Waals surface area contributed by atoms with Crippen LogP contribution in [0.3, 0.4) is 0 Å². The zero-order chi connectivity index (χ0) is 18.5. The number of benzene rings is 1. The smallest absolute Gasteiger partial charge is 0.229 e. The number of aliphatic hydroxyl groups excluding tert-OH is 1. The summed E-state index contributed by atoms with van der Waals surface area (Å²) in [6.07, 6.45) is 1.32. The molecule has 1 aromatic heterocycles. The van der Waals surface area contributed by atoms with Gasteiger partial charge >= 0.3 is 0 Å². The first-order chi connectivity index (χ1) is 12.7. The monoisotopic (exact) mass is 361 g/mol.